The molecule has 0 spiro atoms. The third kappa shape index (κ3) is 4.56. The Hall–Kier alpha value is -2.64. The number of nitrogens with one attached hydrogen (secondary N) is 2. The first kappa shape index (κ1) is 15.4. The van der Waals surface area contributed by atoms with Gasteiger partial charge in [-0.25, -0.2) is 0 Å². The predicted molar refractivity (Wildman–Crippen MR) is 70.4 cm³/mol. The molecule has 1 aromatic heterocycles. The zero-order chi connectivity index (χ0) is 15.0. The molecular weight excluding hydrogens is 264 g/mol. The molecule has 2 N–H and O–H groups in total. The molecule has 1 rings (SSSR count). The van der Waals surface area contributed by atoms with Crippen molar-refractivity contribution in [2.75, 3.05) is 20.8 Å². The van der Waals surface area contributed by atoms with Gasteiger partial charge in [-0.1, -0.05) is 6.58 Å². The van der Waals surface area contributed by atoms with E-state index >= 15 is 0 Å². The molecule has 0 aliphatic rings. The summed E-state index contributed by atoms with van der Waals surface area (Å²) in [5.74, 6) is -0.186. The van der Waals surface area contributed by atoms with Gasteiger partial charge in [-0.3, -0.25) is 9.59 Å². The van der Waals surface area contributed by atoms with E-state index in [0.29, 0.717) is 25.1 Å². The Kier molecular flexibility index (Phi) is 5.95. The van der Waals surface area contributed by atoms with E-state index < -0.39 is 5.91 Å². The van der Waals surface area contributed by atoms with Crippen LogP contribution in [0.4, 0.5) is 0 Å². The second-order valence-corrected chi connectivity index (χ2v) is 3.66. The van der Waals surface area contributed by atoms with E-state index in [9.17, 15) is 9.59 Å². The fourth-order valence-electron chi connectivity index (χ4n) is 1.28. The minimum Gasteiger partial charge on any atom is -0.481 e. The van der Waals surface area contributed by atoms with Gasteiger partial charge in [0.2, 0.25) is 24.0 Å². The van der Waals surface area contributed by atoms with Gasteiger partial charge in [-0.2, -0.15) is 9.97 Å². The summed E-state index contributed by atoms with van der Waals surface area (Å²) >= 11 is 0. The van der Waals surface area contributed by atoms with Crippen LogP contribution in [0, 0.1) is 0 Å². The molecule has 0 aliphatic carbocycles. The second-order valence-electron chi connectivity index (χ2n) is 3.66. The molecule has 0 fully saturated rings. The molecule has 20 heavy (non-hydrogen) atoms. The number of amides is 2. The van der Waals surface area contributed by atoms with Crippen LogP contribution in [0.2, 0.25) is 0 Å². The highest BCUT2D eigenvalue weighted by atomic mass is 16.5. The Morgan fingerprint density at radius 1 is 1.35 bits per heavy atom. The summed E-state index contributed by atoms with van der Waals surface area (Å²) < 4.78 is 9.90. The summed E-state index contributed by atoms with van der Waals surface area (Å²) in [6.45, 7) is 4.05. The van der Waals surface area contributed by atoms with Gasteiger partial charge in [-0.15, -0.1) is 0 Å². The van der Waals surface area contributed by atoms with Crippen LogP contribution in [0.25, 0.3) is 0 Å². The lowest BCUT2D eigenvalue weighted by molar-refractivity contribution is -0.109. The van der Waals surface area contributed by atoms with E-state index in [1.165, 1.54) is 20.3 Å². The highest BCUT2D eigenvalue weighted by Gasteiger charge is 2.14. The van der Waals surface area contributed by atoms with Crippen molar-refractivity contribution in [1.82, 2.24) is 20.6 Å². The van der Waals surface area contributed by atoms with Crippen LogP contribution in [-0.4, -0.2) is 43.0 Å². The van der Waals surface area contributed by atoms with Crippen molar-refractivity contribution in [1.29, 1.82) is 0 Å². The summed E-state index contributed by atoms with van der Waals surface area (Å²) in [6.07, 6.45) is 0.983. The molecule has 8 heteroatoms. The summed E-state index contributed by atoms with van der Waals surface area (Å²) in [5.41, 5.74) is 0.440. The average molecular weight is 280 g/mol. The van der Waals surface area contributed by atoms with Crippen LogP contribution in [0.1, 0.15) is 17.0 Å². The smallest absolute Gasteiger partial charge is 0.293 e. The Bertz CT molecular complexity index is 482. The molecule has 0 unspecified atom stereocenters. The van der Waals surface area contributed by atoms with Gasteiger partial charge in [-0.05, 0) is 0 Å². The first-order valence-electron chi connectivity index (χ1n) is 5.74. The molecule has 2 amide bonds. The first-order valence-corrected chi connectivity index (χ1v) is 5.74. The van der Waals surface area contributed by atoms with Crippen molar-refractivity contribution >= 4 is 12.3 Å². The van der Waals surface area contributed by atoms with Crippen molar-refractivity contribution in [2.45, 2.75) is 6.42 Å². The highest BCUT2D eigenvalue weighted by Crippen LogP contribution is 2.14. The van der Waals surface area contributed by atoms with Crippen molar-refractivity contribution in [3.8, 4) is 11.8 Å². The fourth-order valence-corrected chi connectivity index (χ4v) is 1.28. The van der Waals surface area contributed by atoms with Gasteiger partial charge >= 0.3 is 0 Å². The summed E-state index contributed by atoms with van der Waals surface area (Å²) in [5, 5.41) is 5.00. The molecular formula is C12H16N4O4. The number of carbonyl (C=O) groups is 2. The van der Waals surface area contributed by atoms with E-state index in [-0.39, 0.29) is 17.6 Å². The molecule has 0 aromatic carbocycles. The zero-order valence-corrected chi connectivity index (χ0v) is 11.3. The lowest BCUT2D eigenvalue weighted by Crippen LogP contribution is -2.26. The van der Waals surface area contributed by atoms with Gasteiger partial charge in [0.05, 0.1) is 20.3 Å². The number of hydrogen-bond donors (Lipinski definition) is 2. The third-order valence-electron chi connectivity index (χ3n) is 2.25. The lowest BCUT2D eigenvalue weighted by atomic mass is 10.3. The largest absolute Gasteiger partial charge is 0.481 e. The first-order chi connectivity index (χ1) is 9.60. The zero-order valence-electron chi connectivity index (χ0n) is 11.3. The Morgan fingerprint density at radius 2 is 1.95 bits per heavy atom. The summed E-state index contributed by atoms with van der Waals surface area (Å²) in [4.78, 5) is 29.8. The number of ether oxygens (including phenoxy) is 2. The Balaban J connectivity index is 2.71. The van der Waals surface area contributed by atoms with Gasteiger partial charge in [0.25, 0.3) is 5.91 Å². The standard InChI is InChI=1S/C12H16N4O4/c1-8(4-5-13-7-17)14-12(18)11-15-9(19-2)6-10(16-11)20-3/h6-7H,1,4-5H2,2-3H3,(H,13,17)(H,14,18). The van der Waals surface area contributed by atoms with Crippen LogP contribution in [-0.2, 0) is 4.79 Å². The van der Waals surface area contributed by atoms with Gasteiger partial charge in [0.1, 0.15) is 0 Å². The molecule has 0 atom stereocenters. The molecule has 0 radical (unpaired) electrons. The Labute approximate surface area is 116 Å². The maximum absolute atomic E-state index is 11.9. The minimum atomic E-state index is -0.529. The molecule has 1 heterocycles. The summed E-state index contributed by atoms with van der Waals surface area (Å²) in [6, 6.07) is 1.46. The predicted octanol–water partition coefficient (Wildman–Crippen LogP) is -0.127. The van der Waals surface area contributed by atoms with Crippen LogP contribution in [0.5, 0.6) is 11.8 Å². The maximum Gasteiger partial charge on any atom is 0.293 e. The van der Waals surface area contributed by atoms with Gasteiger partial charge < -0.3 is 20.1 Å². The fraction of sp³-hybridized carbons (Fsp3) is 0.333. The Morgan fingerprint density at radius 3 is 2.45 bits per heavy atom. The number of hydrogen-bond acceptors (Lipinski definition) is 6. The van der Waals surface area contributed by atoms with E-state index in [2.05, 4.69) is 27.2 Å². The third-order valence-corrected chi connectivity index (χ3v) is 2.25. The number of aromatic nitrogens is 2. The molecule has 8 nitrogen and oxygen atoms in total. The molecule has 0 saturated heterocycles. The number of carbonyl (C=O) groups excluding carboxylic acids is 2. The van der Waals surface area contributed by atoms with Crippen LogP contribution >= 0.6 is 0 Å². The van der Waals surface area contributed by atoms with E-state index in [4.69, 9.17) is 9.47 Å². The van der Waals surface area contributed by atoms with Crippen LogP contribution < -0.4 is 20.1 Å². The molecule has 0 saturated carbocycles. The van der Waals surface area contributed by atoms with Crippen LogP contribution in [0.3, 0.4) is 0 Å². The quantitative estimate of drug-likeness (QED) is 0.508. The normalized spacial score (nSPS) is 9.50. The highest BCUT2D eigenvalue weighted by molar-refractivity contribution is 5.91. The number of methoxy groups -OCH3 is 2. The molecule has 108 valence electrons. The topological polar surface area (TPSA) is 102 Å². The number of nitrogens with zero attached hydrogens (tertiary/aromatic N) is 2. The van der Waals surface area contributed by atoms with E-state index in [1.54, 1.807) is 0 Å². The monoisotopic (exact) mass is 280 g/mol. The van der Waals surface area contributed by atoms with Crippen molar-refractivity contribution in [3.05, 3.63) is 24.2 Å². The molecule has 0 bridgehead atoms. The van der Waals surface area contributed by atoms with Gasteiger partial charge in [0.15, 0.2) is 0 Å². The van der Waals surface area contributed by atoms with Crippen molar-refractivity contribution < 1.29 is 19.1 Å². The molecule has 0 aliphatic heterocycles. The van der Waals surface area contributed by atoms with E-state index in [0.717, 1.165) is 0 Å². The van der Waals surface area contributed by atoms with E-state index in [1.807, 2.05) is 0 Å². The van der Waals surface area contributed by atoms with Crippen molar-refractivity contribution in [3.63, 3.8) is 0 Å². The van der Waals surface area contributed by atoms with Crippen LogP contribution in [0.15, 0.2) is 18.3 Å². The SMILES string of the molecule is C=C(CCNC=O)NC(=O)c1nc(OC)cc(OC)n1. The van der Waals surface area contributed by atoms with Gasteiger partial charge in [0, 0.05) is 18.7 Å². The van der Waals surface area contributed by atoms with Crippen molar-refractivity contribution in [2.24, 2.45) is 0 Å². The number of rotatable bonds is 8. The molecule has 1 aromatic rings. The maximum atomic E-state index is 11.9. The summed E-state index contributed by atoms with van der Waals surface area (Å²) in [7, 11) is 2.85. The lowest BCUT2D eigenvalue weighted by Gasteiger charge is -2.09. The second kappa shape index (κ2) is 7.72. The average Bonchev–Trinajstić information content (AvgIpc) is 2.46. The minimum absolute atomic E-state index is 0.0919.